The van der Waals surface area contributed by atoms with E-state index in [1.54, 1.807) is 0 Å². The maximum Gasteiger partial charge on any atom is 0.144 e. The lowest BCUT2D eigenvalue weighted by molar-refractivity contribution is 0.00953. The molecule has 1 fully saturated rings. The van der Waals surface area contributed by atoms with Crippen LogP contribution >= 0.6 is 0 Å². The molecular formula is C17H26N4O. The zero-order chi connectivity index (χ0) is 16.1. The molecule has 0 amide bonds. The maximum atomic E-state index is 9.36. The first-order valence-corrected chi connectivity index (χ1v) is 7.97. The maximum absolute atomic E-state index is 9.36. The molecule has 0 aliphatic carbocycles. The van der Waals surface area contributed by atoms with E-state index in [0.717, 1.165) is 44.1 Å². The molecule has 5 nitrogen and oxygen atoms in total. The van der Waals surface area contributed by atoms with Crippen LogP contribution in [0.1, 0.15) is 30.7 Å². The van der Waals surface area contributed by atoms with Crippen molar-refractivity contribution in [2.75, 3.05) is 38.2 Å². The number of ether oxygens (including phenoxy) is 1. The van der Waals surface area contributed by atoms with E-state index in [4.69, 9.17) is 4.74 Å². The van der Waals surface area contributed by atoms with Crippen molar-refractivity contribution in [1.82, 2.24) is 9.88 Å². The SMILES string of the molecule is Cc1cc(C)c(C#N)c(NCC(C(C)C)N2CCOCC2)n1. The number of morpholine rings is 1. The summed E-state index contributed by atoms with van der Waals surface area (Å²) in [6.07, 6.45) is 0. The molecule has 0 radical (unpaired) electrons. The van der Waals surface area contributed by atoms with Gasteiger partial charge in [-0.2, -0.15) is 5.26 Å². The van der Waals surface area contributed by atoms with Gasteiger partial charge in [0.25, 0.3) is 0 Å². The number of rotatable bonds is 5. The molecule has 0 saturated carbocycles. The third-order valence-electron chi connectivity index (χ3n) is 4.22. The largest absolute Gasteiger partial charge is 0.379 e. The van der Waals surface area contributed by atoms with Crippen molar-refractivity contribution in [3.05, 3.63) is 22.9 Å². The average molecular weight is 302 g/mol. The molecule has 1 atom stereocenters. The number of hydrogen-bond donors (Lipinski definition) is 1. The molecule has 1 aliphatic rings. The van der Waals surface area contributed by atoms with Crippen LogP contribution in [0.4, 0.5) is 5.82 Å². The minimum Gasteiger partial charge on any atom is -0.379 e. The Morgan fingerprint density at radius 2 is 2.05 bits per heavy atom. The van der Waals surface area contributed by atoms with Crippen molar-refractivity contribution in [3.63, 3.8) is 0 Å². The lowest BCUT2D eigenvalue weighted by atomic mass is 10.0. The standard InChI is InChI=1S/C17H26N4O/c1-12(2)16(21-5-7-22-8-6-21)11-19-17-15(10-18)13(3)9-14(4)20-17/h9,12,16H,5-8,11H2,1-4H3,(H,19,20). The summed E-state index contributed by atoms with van der Waals surface area (Å²) in [6, 6.07) is 4.63. The molecule has 1 aliphatic heterocycles. The number of nitriles is 1. The molecule has 1 aromatic heterocycles. The first-order valence-electron chi connectivity index (χ1n) is 7.97. The van der Waals surface area contributed by atoms with Gasteiger partial charge in [0.2, 0.25) is 0 Å². The van der Waals surface area contributed by atoms with Crippen molar-refractivity contribution in [2.24, 2.45) is 5.92 Å². The Hall–Kier alpha value is -1.64. The van der Waals surface area contributed by atoms with Gasteiger partial charge in [-0.3, -0.25) is 4.90 Å². The van der Waals surface area contributed by atoms with Crippen molar-refractivity contribution in [2.45, 2.75) is 33.7 Å². The van der Waals surface area contributed by atoms with Gasteiger partial charge in [-0.05, 0) is 31.4 Å². The number of aryl methyl sites for hydroxylation is 2. The third-order valence-corrected chi connectivity index (χ3v) is 4.22. The molecule has 0 spiro atoms. The van der Waals surface area contributed by atoms with Gasteiger partial charge in [-0.15, -0.1) is 0 Å². The summed E-state index contributed by atoms with van der Waals surface area (Å²) in [5, 5.41) is 12.8. The van der Waals surface area contributed by atoms with E-state index < -0.39 is 0 Å². The Bertz CT molecular complexity index is 544. The van der Waals surface area contributed by atoms with Gasteiger partial charge >= 0.3 is 0 Å². The van der Waals surface area contributed by atoms with Crippen LogP contribution in [-0.4, -0.2) is 48.8 Å². The number of hydrogen-bond acceptors (Lipinski definition) is 5. The Kier molecular flexibility index (Phi) is 5.76. The van der Waals surface area contributed by atoms with E-state index in [1.807, 2.05) is 19.9 Å². The second-order valence-corrected chi connectivity index (χ2v) is 6.26. The smallest absolute Gasteiger partial charge is 0.144 e. The lowest BCUT2D eigenvalue weighted by Gasteiger charge is -2.37. The molecular weight excluding hydrogens is 276 g/mol. The van der Waals surface area contributed by atoms with Crippen molar-refractivity contribution < 1.29 is 4.74 Å². The fourth-order valence-electron chi connectivity index (χ4n) is 3.00. The summed E-state index contributed by atoms with van der Waals surface area (Å²) < 4.78 is 5.44. The van der Waals surface area contributed by atoms with Crippen molar-refractivity contribution in [3.8, 4) is 6.07 Å². The second kappa shape index (κ2) is 7.57. The molecule has 2 heterocycles. The first-order chi connectivity index (χ1) is 10.5. The van der Waals surface area contributed by atoms with E-state index in [-0.39, 0.29) is 0 Å². The summed E-state index contributed by atoms with van der Waals surface area (Å²) in [7, 11) is 0. The summed E-state index contributed by atoms with van der Waals surface area (Å²) in [5.74, 6) is 1.24. The van der Waals surface area contributed by atoms with Gasteiger partial charge in [-0.25, -0.2) is 4.98 Å². The minimum atomic E-state index is 0.415. The highest BCUT2D eigenvalue weighted by atomic mass is 16.5. The highest BCUT2D eigenvalue weighted by Crippen LogP contribution is 2.19. The van der Waals surface area contributed by atoms with Gasteiger partial charge in [-0.1, -0.05) is 13.8 Å². The van der Waals surface area contributed by atoms with Crippen LogP contribution in [0.5, 0.6) is 0 Å². The van der Waals surface area contributed by atoms with Gasteiger partial charge in [0.05, 0.1) is 18.8 Å². The first kappa shape index (κ1) is 16.7. The number of anilines is 1. The zero-order valence-electron chi connectivity index (χ0n) is 14.0. The van der Waals surface area contributed by atoms with Gasteiger partial charge < -0.3 is 10.1 Å². The van der Waals surface area contributed by atoms with Crippen LogP contribution in [0.15, 0.2) is 6.07 Å². The van der Waals surface area contributed by atoms with Crippen molar-refractivity contribution >= 4 is 5.82 Å². The summed E-state index contributed by atoms with van der Waals surface area (Å²) in [4.78, 5) is 6.97. The molecule has 1 unspecified atom stereocenters. The molecule has 1 aromatic rings. The lowest BCUT2D eigenvalue weighted by Crippen LogP contribution is -2.49. The summed E-state index contributed by atoms with van der Waals surface area (Å²) in [5.41, 5.74) is 2.56. The Morgan fingerprint density at radius 1 is 1.36 bits per heavy atom. The average Bonchev–Trinajstić information content (AvgIpc) is 2.48. The topological polar surface area (TPSA) is 61.2 Å². The van der Waals surface area contributed by atoms with Gasteiger partial charge in [0, 0.05) is 31.4 Å². The molecule has 1 N–H and O–H groups in total. The molecule has 22 heavy (non-hydrogen) atoms. The molecule has 5 heteroatoms. The number of nitrogens with zero attached hydrogens (tertiary/aromatic N) is 3. The van der Waals surface area contributed by atoms with E-state index >= 15 is 0 Å². The fraction of sp³-hybridized carbons (Fsp3) is 0.647. The van der Waals surface area contributed by atoms with Crippen molar-refractivity contribution in [1.29, 1.82) is 5.26 Å². The predicted octanol–water partition coefficient (Wildman–Crippen LogP) is 2.34. The normalized spacial score (nSPS) is 17.3. The van der Waals surface area contributed by atoms with E-state index in [1.165, 1.54) is 0 Å². The summed E-state index contributed by atoms with van der Waals surface area (Å²) >= 11 is 0. The van der Waals surface area contributed by atoms with E-state index in [9.17, 15) is 5.26 Å². The molecule has 0 bridgehead atoms. The molecule has 2 rings (SSSR count). The molecule has 1 saturated heterocycles. The monoisotopic (exact) mass is 302 g/mol. The van der Waals surface area contributed by atoms with Crippen LogP contribution < -0.4 is 5.32 Å². The van der Waals surface area contributed by atoms with Crippen LogP contribution in [0.3, 0.4) is 0 Å². The van der Waals surface area contributed by atoms with E-state index in [0.29, 0.717) is 23.3 Å². The second-order valence-electron chi connectivity index (χ2n) is 6.26. The third kappa shape index (κ3) is 3.96. The van der Waals surface area contributed by atoms with Gasteiger partial charge in [0.15, 0.2) is 0 Å². The fourth-order valence-corrected chi connectivity index (χ4v) is 3.00. The van der Waals surface area contributed by atoms with Crippen LogP contribution in [0.25, 0.3) is 0 Å². The predicted molar refractivity (Wildman–Crippen MR) is 87.9 cm³/mol. The minimum absolute atomic E-state index is 0.415. The highest BCUT2D eigenvalue weighted by molar-refractivity contribution is 5.56. The van der Waals surface area contributed by atoms with Crippen LogP contribution in [0.2, 0.25) is 0 Å². The molecule has 0 aromatic carbocycles. The Balaban J connectivity index is 2.11. The Labute approximate surface area is 133 Å². The summed E-state index contributed by atoms with van der Waals surface area (Å²) in [6.45, 7) is 12.7. The number of nitrogens with one attached hydrogen (secondary N) is 1. The van der Waals surface area contributed by atoms with Gasteiger partial charge in [0.1, 0.15) is 11.9 Å². The quantitative estimate of drug-likeness (QED) is 0.904. The van der Waals surface area contributed by atoms with E-state index in [2.05, 4.69) is 35.1 Å². The zero-order valence-corrected chi connectivity index (χ0v) is 14.0. The number of pyridine rings is 1. The van der Waals surface area contributed by atoms with Crippen LogP contribution in [0, 0.1) is 31.1 Å². The van der Waals surface area contributed by atoms with Crippen LogP contribution in [-0.2, 0) is 4.74 Å². The number of aromatic nitrogens is 1. The highest BCUT2D eigenvalue weighted by Gasteiger charge is 2.24. The Morgan fingerprint density at radius 3 is 2.64 bits per heavy atom. The molecule has 120 valence electrons.